The zero-order valence-corrected chi connectivity index (χ0v) is 10.2. The first kappa shape index (κ1) is 9.86. The van der Waals surface area contributed by atoms with Crippen molar-refractivity contribution in [2.24, 2.45) is 5.41 Å². The first-order chi connectivity index (χ1) is 7.71. The first-order valence-corrected chi connectivity index (χ1v) is 6.81. The van der Waals surface area contributed by atoms with Crippen LogP contribution in [0.3, 0.4) is 0 Å². The van der Waals surface area contributed by atoms with Crippen molar-refractivity contribution in [3.05, 3.63) is 0 Å². The van der Waals surface area contributed by atoms with Gasteiger partial charge in [-0.2, -0.15) is 0 Å². The second-order valence-electron chi connectivity index (χ2n) is 6.60. The number of nitrogens with one attached hydrogen (secondary N) is 1. The van der Waals surface area contributed by atoms with Crippen LogP contribution in [-0.2, 0) is 4.74 Å². The van der Waals surface area contributed by atoms with Gasteiger partial charge in [0.15, 0.2) is 0 Å². The lowest BCUT2D eigenvalue weighted by Crippen LogP contribution is -2.62. The number of hydrogen-bond acceptors (Lipinski definition) is 3. The van der Waals surface area contributed by atoms with Crippen molar-refractivity contribution in [1.82, 2.24) is 10.2 Å². The molecule has 3 nitrogen and oxygen atoms in total. The van der Waals surface area contributed by atoms with Crippen molar-refractivity contribution in [3.63, 3.8) is 0 Å². The van der Waals surface area contributed by atoms with Gasteiger partial charge < -0.3 is 9.64 Å². The summed E-state index contributed by atoms with van der Waals surface area (Å²) in [5.74, 6) is 0. The molecule has 2 spiro atoms. The molecule has 3 aliphatic heterocycles. The van der Waals surface area contributed by atoms with Crippen LogP contribution in [0.2, 0.25) is 0 Å². The van der Waals surface area contributed by atoms with Gasteiger partial charge in [0.1, 0.15) is 5.72 Å². The quantitative estimate of drug-likeness (QED) is 0.669. The SMILES string of the molecule is CN1C2CCC1CC1(C2)NCC2(CC2)CO1. The summed E-state index contributed by atoms with van der Waals surface area (Å²) >= 11 is 0. The molecule has 0 radical (unpaired) electrons. The fraction of sp³-hybridized carbons (Fsp3) is 1.00. The average Bonchev–Trinajstić information content (AvgIpc) is 3.01. The average molecular weight is 222 g/mol. The monoisotopic (exact) mass is 222 g/mol. The lowest BCUT2D eigenvalue weighted by atomic mass is 9.90. The number of fused-ring (bicyclic) bond motifs is 2. The lowest BCUT2D eigenvalue weighted by Gasteiger charge is -2.49. The molecule has 0 aromatic carbocycles. The predicted octanol–water partition coefficient (Wildman–Crippen LogP) is 1.34. The van der Waals surface area contributed by atoms with E-state index in [0.29, 0.717) is 5.41 Å². The van der Waals surface area contributed by atoms with Crippen molar-refractivity contribution in [2.75, 3.05) is 20.2 Å². The van der Waals surface area contributed by atoms with Crippen molar-refractivity contribution in [3.8, 4) is 0 Å². The first-order valence-electron chi connectivity index (χ1n) is 6.81. The van der Waals surface area contributed by atoms with Crippen LogP contribution in [-0.4, -0.2) is 42.9 Å². The molecule has 4 fully saturated rings. The predicted molar refractivity (Wildman–Crippen MR) is 62.2 cm³/mol. The molecule has 2 unspecified atom stereocenters. The normalized spacial score (nSPS) is 50.1. The van der Waals surface area contributed by atoms with E-state index in [1.165, 1.54) is 45.1 Å². The number of ether oxygens (including phenoxy) is 1. The lowest BCUT2D eigenvalue weighted by molar-refractivity contribution is -0.160. The Morgan fingerprint density at radius 1 is 1.19 bits per heavy atom. The molecular formula is C13H22N2O. The molecule has 16 heavy (non-hydrogen) atoms. The van der Waals surface area contributed by atoms with Crippen LogP contribution in [0.4, 0.5) is 0 Å². The van der Waals surface area contributed by atoms with Crippen molar-refractivity contribution < 1.29 is 4.74 Å². The van der Waals surface area contributed by atoms with E-state index < -0.39 is 0 Å². The minimum atomic E-state index is 0.0478. The van der Waals surface area contributed by atoms with Gasteiger partial charge in [-0.3, -0.25) is 5.32 Å². The van der Waals surface area contributed by atoms with Gasteiger partial charge >= 0.3 is 0 Å². The molecule has 0 aromatic heterocycles. The van der Waals surface area contributed by atoms with E-state index in [1.807, 2.05) is 0 Å². The van der Waals surface area contributed by atoms with Crippen LogP contribution < -0.4 is 5.32 Å². The third-order valence-corrected chi connectivity index (χ3v) is 5.51. The van der Waals surface area contributed by atoms with E-state index in [9.17, 15) is 0 Å². The fourth-order valence-electron chi connectivity index (χ4n) is 3.93. The zero-order chi connectivity index (χ0) is 10.8. The summed E-state index contributed by atoms with van der Waals surface area (Å²) in [6.45, 7) is 2.22. The topological polar surface area (TPSA) is 24.5 Å². The van der Waals surface area contributed by atoms with E-state index >= 15 is 0 Å². The van der Waals surface area contributed by atoms with E-state index in [4.69, 9.17) is 4.74 Å². The number of piperidine rings is 1. The highest BCUT2D eigenvalue weighted by Gasteiger charge is 2.54. The van der Waals surface area contributed by atoms with Gasteiger partial charge in [-0.25, -0.2) is 0 Å². The largest absolute Gasteiger partial charge is 0.360 e. The molecule has 3 heterocycles. The molecule has 2 atom stereocenters. The molecular weight excluding hydrogens is 200 g/mol. The van der Waals surface area contributed by atoms with E-state index in [-0.39, 0.29) is 5.72 Å². The Morgan fingerprint density at radius 2 is 1.88 bits per heavy atom. The number of nitrogens with zero attached hydrogens (tertiary/aromatic N) is 1. The Bertz CT molecular complexity index is 287. The highest BCUT2D eigenvalue weighted by Crippen LogP contribution is 2.51. The van der Waals surface area contributed by atoms with Crippen LogP contribution in [0.15, 0.2) is 0 Å². The van der Waals surface area contributed by atoms with Crippen LogP contribution in [0, 0.1) is 5.41 Å². The molecule has 3 heteroatoms. The second kappa shape index (κ2) is 3.01. The van der Waals surface area contributed by atoms with Gasteiger partial charge in [-0.1, -0.05) is 0 Å². The maximum absolute atomic E-state index is 6.28. The summed E-state index contributed by atoms with van der Waals surface area (Å²) in [5.41, 5.74) is 0.597. The van der Waals surface area contributed by atoms with Crippen molar-refractivity contribution in [2.45, 2.75) is 56.3 Å². The minimum absolute atomic E-state index is 0.0478. The van der Waals surface area contributed by atoms with E-state index in [1.54, 1.807) is 0 Å². The Hall–Kier alpha value is -0.120. The number of rotatable bonds is 0. The van der Waals surface area contributed by atoms with E-state index in [2.05, 4.69) is 17.3 Å². The third-order valence-electron chi connectivity index (χ3n) is 5.51. The Morgan fingerprint density at radius 3 is 2.38 bits per heavy atom. The molecule has 2 bridgehead atoms. The summed E-state index contributed by atoms with van der Waals surface area (Å²) in [6.07, 6.45) is 7.91. The van der Waals surface area contributed by atoms with Crippen LogP contribution >= 0.6 is 0 Å². The zero-order valence-electron chi connectivity index (χ0n) is 10.2. The maximum atomic E-state index is 6.28. The summed E-state index contributed by atoms with van der Waals surface area (Å²) < 4.78 is 6.28. The molecule has 1 saturated carbocycles. The molecule has 4 rings (SSSR count). The van der Waals surface area contributed by atoms with Crippen LogP contribution in [0.25, 0.3) is 0 Å². The summed E-state index contributed by atoms with van der Waals surface area (Å²) in [7, 11) is 2.29. The van der Waals surface area contributed by atoms with Crippen LogP contribution in [0.5, 0.6) is 0 Å². The maximum Gasteiger partial charge on any atom is 0.122 e. The second-order valence-corrected chi connectivity index (χ2v) is 6.60. The molecule has 1 N–H and O–H groups in total. The van der Waals surface area contributed by atoms with Gasteiger partial charge in [0, 0.05) is 36.9 Å². The smallest absolute Gasteiger partial charge is 0.122 e. The highest BCUT2D eigenvalue weighted by molar-refractivity contribution is 5.06. The summed E-state index contributed by atoms with van der Waals surface area (Å²) in [6, 6.07) is 1.53. The Labute approximate surface area is 97.5 Å². The van der Waals surface area contributed by atoms with Gasteiger partial charge in [0.25, 0.3) is 0 Å². The van der Waals surface area contributed by atoms with Gasteiger partial charge in [0.2, 0.25) is 0 Å². The van der Waals surface area contributed by atoms with Crippen LogP contribution in [0.1, 0.15) is 38.5 Å². The Balaban J connectivity index is 1.52. The van der Waals surface area contributed by atoms with Gasteiger partial charge in [-0.05, 0) is 32.7 Å². The minimum Gasteiger partial charge on any atom is -0.360 e. The standard InChI is InChI=1S/C13H22N2O/c1-15-10-2-3-11(15)7-13(6-10)14-8-12(4-5-12)9-16-13/h10-11,14H,2-9H2,1H3. The summed E-state index contributed by atoms with van der Waals surface area (Å²) in [5, 5.41) is 3.76. The Kier molecular flexibility index (Phi) is 1.85. The van der Waals surface area contributed by atoms with Gasteiger partial charge in [-0.15, -0.1) is 0 Å². The van der Waals surface area contributed by atoms with E-state index in [0.717, 1.165) is 18.7 Å². The number of hydrogen-bond donors (Lipinski definition) is 1. The fourth-order valence-corrected chi connectivity index (χ4v) is 3.93. The molecule has 1 aliphatic carbocycles. The van der Waals surface area contributed by atoms with Gasteiger partial charge in [0.05, 0.1) is 6.61 Å². The molecule has 90 valence electrons. The molecule has 0 aromatic rings. The van der Waals surface area contributed by atoms with Crippen molar-refractivity contribution in [1.29, 1.82) is 0 Å². The third kappa shape index (κ3) is 1.31. The molecule has 4 aliphatic rings. The van der Waals surface area contributed by atoms with Crippen molar-refractivity contribution >= 4 is 0 Å². The molecule has 3 saturated heterocycles. The molecule has 0 amide bonds. The highest BCUT2D eigenvalue weighted by atomic mass is 16.5. The summed E-state index contributed by atoms with van der Waals surface area (Å²) in [4.78, 5) is 2.58.